The van der Waals surface area contributed by atoms with E-state index in [0.717, 1.165) is 21.2 Å². The van der Waals surface area contributed by atoms with Crippen LogP contribution in [0.2, 0.25) is 0 Å². The van der Waals surface area contributed by atoms with Gasteiger partial charge in [0.2, 0.25) is 0 Å². The zero-order chi connectivity index (χ0) is 33.6. The molecule has 0 bridgehead atoms. The minimum atomic E-state index is -1.32. The van der Waals surface area contributed by atoms with Crippen LogP contribution in [0.4, 0.5) is 0 Å². The molecule has 0 radical (unpaired) electrons. The second-order valence-electron chi connectivity index (χ2n) is 10.8. The number of benzene rings is 2. The molecule has 3 rings (SSSR count). The van der Waals surface area contributed by atoms with E-state index < -0.39 is 20.3 Å². The van der Waals surface area contributed by atoms with Gasteiger partial charge in [0.25, 0.3) is 6.47 Å². The van der Waals surface area contributed by atoms with E-state index in [2.05, 4.69) is 53.7 Å². The number of hydrogen-bond acceptors (Lipinski definition) is 11. The van der Waals surface area contributed by atoms with Gasteiger partial charge in [-0.3, -0.25) is 24.6 Å². The van der Waals surface area contributed by atoms with Gasteiger partial charge in [-0.05, 0) is 70.4 Å². The van der Waals surface area contributed by atoms with Crippen LogP contribution >= 0.6 is 20.0 Å². The second kappa shape index (κ2) is 18.6. The minimum Gasteiger partial charge on any atom is -0.486 e. The minimum absolute atomic E-state index is 0.0663. The number of rotatable bonds is 19. The summed E-state index contributed by atoms with van der Waals surface area (Å²) < 4.78 is 23.6. The lowest BCUT2D eigenvalue weighted by Gasteiger charge is -2.25. The summed E-state index contributed by atoms with van der Waals surface area (Å²) in [6.45, 7) is 14.7. The standard InChI is InChI=1S/C33H45N4O7PS/c1-8-42-32(39)24(6)35-45(36-25(7)33(40)43-9-2)21-44-27-15-13-26(14-16-27)18-37-29(19-41-20-38)34-30(22(3)4)31(37)46-28-12-10-11-23(5)17-28/h10-17,20,22,24-25,35-36H,8-9,18-19,21H2,1-7H3. The molecule has 2 atom stereocenters. The van der Waals surface area contributed by atoms with Crippen LogP contribution in [0.25, 0.3) is 0 Å². The monoisotopic (exact) mass is 672 g/mol. The fraction of sp³-hybridized carbons (Fsp3) is 0.455. The lowest BCUT2D eigenvalue weighted by atomic mass is 10.1. The normalized spacial score (nSPS) is 13.1. The first kappa shape index (κ1) is 37.0. The molecule has 0 amide bonds. The SMILES string of the molecule is CCOC(=O)C(C)NP(COc1ccc(Cn2c(COC=O)nc(C(C)C)c2Sc2cccc(C)c2)cc1)NC(C)C(=O)OCC. The van der Waals surface area contributed by atoms with Crippen LogP contribution in [-0.4, -0.2) is 59.6 Å². The van der Waals surface area contributed by atoms with Crippen LogP contribution in [0.1, 0.15) is 70.1 Å². The van der Waals surface area contributed by atoms with Gasteiger partial charge in [-0.15, -0.1) is 0 Å². The molecule has 3 aromatic rings. The van der Waals surface area contributed by atoms with Crippen molar-refractivity contribution in [1.82, 2.24) is 19.7 Å². The molecular formula is C33H45N4O7PS. The molecule has 2 aromatic carbocycles. The highest BCUT2D eigenvalue weighted by atomic mass is 32.2. The summed E-state index contributed by atoms with van der Waals surface area (Å²) in [5.74, 6) is 0.681. The number of imidazole rings is 1. The van der Waals surface area contributed by atoms with Crippen molar-refractivity contribution >= 4 is 38.4 Å². The number of carbonyl (C=O) groups is 3. The average Bonchev–Trinajstić information content (AvgIpc) is 3.36. The van der Waals surface area contributed by atoms with Crippen LogP contribution in [0.3, 0.4) is 0 Å². The maximum atomic E-state index is 12.3. The molecule has 13 heteroatoms. The zero-order valence-electron chi connectivity index (χ0n) is 27.6. The summed E-state index contributed by atoms with van der Waals surface area (Å²) in [5, 5.41) is 7.41. The van der Waals surface area contributed by atoms with Crippen molar-refractivity contribution in [2.24, 2.45) is 0 Å². The lowest BCUT2D eigenvalue weighted by molar-refractivity contribution is -0.145. The molecule has 250 valence electrons. The Morgan fingerprint density at radius 1 is 0.978 bits per heavy atom. The first-order valence-corrected chi connectivity index (χ1v) is 17.6. The van der Waals surface area contributed by atoms with Crippen molar-refractivity contribution < 1.29 is 33.3 Å². The van der Waals surface area contributed by atoms with Crippen LogP contribution in [0.15, 0.2) is 58.5 Å². The third kappa shape index (κ3) is 11.1. The van der Waals surface area contributed by atoms with Gasteiger partial charge >= 0.3 is 11.9 Å². The molecule has 46 heavy (non-hydrogen) atoms. The Labute approximate surface area is 277 Å². The van der Waals surface area contributed by atoms with E-state index >= 15 is 0 Å². The number of nitrogens with one attached hydrogen (secondary N) is 2. The van der Waals surface area contributed by atoms with Gasteiger partial charge in [-0.1, -0.05) is 55.4 Å². The van der Waals surface area contributed by atoms with Crippen molar-refractivity contribution in [3.8, 4) is 5.75 Å². The molecule has 2 unspecified atom stereocenters. The first-order chi connectivity index (χ1) is 22.1. The van der Waals surface area contributed by atoms with Crippen molar-refractivity contribution in [1.29, 1.82) is 0 Å². The number of aromatic nitrogens is 2. The fourth-order valence-corrected chi connectivity index (χ4v) is 7.32. The van der Waals surface area contributed by atoms with Crippen molar-refractivity contribution in [2.75, 3.05) is 19.6 Å². The highest BCUT2D eigenvalue weighted by Gasteiger charge is 2.25. The van der Waals surface area contributed by atoms with E-state index in [4.69, 9.17) is 23.9 Å². The highest BCUT2D eigenvalue weighted by Crippen LogP contribution is 2.36. The predicted octanol–water partition coefficient (Wildman–Crippen LogP) is 5.92. The van der Waals surface area contributed by atoms with Crippen molar-refractivity contribution in [3.63, 3.8) is 0 Å². The molecule has 0 saturated carbocycles. The average molecular weight is 673 g/mol. The molecular weight excluding hydrogens is 627 g/mol. The molecule has 0 saturated heterocycles. The van der Waals surface area contributed by atoms with Crippen molar-refractivity contribution in [3.05, 3.63) is 71.2 Å². The van der Waals surface area contributed by atoms with Crippen LogP contribution in [-0.2, 0) is 41.7 Å². The molecule has 11 nitrogen and oxygen atoms in total. The number of carbonyl (C=O) groups excluding carboxylic acids is 3. The van der Waals surface area contributed by atoms with Crippen LogP contribution in [0.5, 0.6) is 5.75 Å². The summed E-state index contributed by atoms with van der Waals surface area (Å²) in [7, 11) is -1.32. The molecule has 0 spiro atoms. The Morgan fingerprint density at radius 3 is 2.15 bits per heavy atom. The van der Waals surface area contributed by atoms with Crippen LogP contribution in [0, 0.1) is 6.92 Å². The molecule has 2 N–H and O–H groups in total. The summed E-state index contributed by atoms with van der Waals surface area (Å²) in [5.41, 5.74) is 3.12. The van der Waals surface area contributed by atoms with E-state index in [1.165, 1.54) is 5.56 Å². The number of ether oxygens (including phenoxy) is 4. The van der Waals surface area contributed by atoms with E-state index in [9.17, 15) is 14.4 Å². The van der Waals surface area contributed by atoms with Gasteiger partial charge in [0.05, 0.1) is 27.1 Å². The number of esters is 2. The summed E-state index contributed by atoms with van der Waals surface area (Å²) in [6.07, 6.45) is 0.186. The van der Waals surface area contributed by atoms with Gasteiger partial charge in [0, 0.05) is 11.4 Å². The molecule has 1 aromatic heterocycles. The Hall–Kier alpha value is -3.44. The maximum absolute atomic E-state index is 12.3. The molecule has 1 heterocycles. The van der Waals surface area contributed by atoms with Crippen molar-refractivity contribution in [2.45, 2.75) is 89.5 Å². The highest BCUT2D eigenvalue weighted by molar-refractivity contribution is 7.99. The Morgan fingerprint density at radius 2 is 1.61 bits per heavy atom. The smallest absolute Gasteiger partial charge is 0.323 e. The number of hydrogen-bond donors (Lipinski definition) is 2. The third-order valence-electron chi connectivity index (χ3n) is 6.66. The Bertz CT molecular complexity index is 1410. The largest absolute Gasteiger partial charge is 0.486 e. The third-order valence-corrected chi connectivity index (χ3v) is 9.56. The molecule has 0 aliphatic rings. The van der Waals surface area contributed by atoms with Gasteiger partial charge in [0.15, 0.2) is 0 Å². The maximum Gasteiger partial charge on any atom is 0.323 e. The second-order valence-corrected chi connectivity index (χ2v) is 13.5. The predicted molar refractivity (Wildman–Crippen MR) is 179 cm³/mol. The van der Waals surface area contributed by atoms with E-state index in [0.29, 0.717) is 24.6 Å². The first-order valence-electron chi connectivity index (χ1n) is 15.3. The van der Waals surface area contributed by atoms with Gasteiger partial charge < -0.3 is 23.5 Å². The van der Waals surface area contributed by atoms with E-state index in [1.807, 2.05) is 30.3 Å². The Kier molecular flexibility index (Phi) is 15.0. The van der Waals surface area contributed by atoms with Gasteiger partial charge in [0.1, 0.15) is 41.6 Å². The van der Waals surface area contributed by atoms with E-state index in [-0.39, 0.29) is 44.0 Å². The van der Waals surface area contributed by atoms with Gasteiger partial charge in [-0.25, -0.2) is 4.98 Å². The quantitative estimate of drug-likeness (QED) is 0.0682. The lowest BCUT2D eigenvalue weighted by Crippen LogP contribution is -2.41. The Balaban J connectivity index is 1.80. The molecule has 0 fully saturated rings. The number of nitrogens with zero attached hydrogens (tertiary/aromatic N) is 2. The molecule has 0 aliphatic carbocycles. The number of aryl methyl sites for hydroxylation is 1. The van der Waals surface area contributed by atoms with Crippen LogP contribution < -0.4 is 14.9 Å². The summed E-state index contributed by atoms with van der Waals surface area (Å²) >= 11 is 1.65. The zero-order valence-corrected chi connectivity index (χ0v) is 29.3. The summed E-state index contributed by atoms with van der Waals surface area (Å²) in [4.78, 5) is 41.6. The van der Waals surface area contributed by atoms with Gasteiger partial charge in [-0.2, -0.15) is 0 Å². The topological polar surface area (TPSA) is 130 Å². The molecule has 0 aliphatic heterocycles. The van der Waals surface area contributed by atoms with E-state index in [1.54, 1.807) is 39.5 Å². The fourth-order valence-electron chi connectivity index (χ4n) is 4.39. The summed E-state index contributed by atoms with van der Waals surface area (Å²) in [6, 6.07) is 14.8.